The van der Waals surface area contributed by atoms with Crippen LogP contribution in [0.15, 0.2) is 35.7 Å². The molecule has 31 heavy (non-hydrogen) atoms. The molecule has 2 aromatic heterocycles. The van der Waals surface area contributed by atoms with Crippen LogP contribution in [0.1, 0.15) is 38.5 Å². The Morgan fingerprint density at radius 2 is 2.10 bits per heavy atom. The Morgan fingerprint density at radius 1 is 1.23 bits per heavy atom. The summed E-state index contributed by atoms with van der Waals surface area (Å²) in [6.07, 6.45) is 0. The summed E-state index contributed by atoms with van der Waals surface area (Å²) in [7, 11) is 0. The summed E-state index contributed by atoms with van der Waals surface area (Å²) in [5, 5.41) is 13.6. The first kappa shape index (κ1) is 20.3. The third kappa shape index (κ3) is 4.13. The number of thiophene rings is 1. The first-order valence-electron chi connectivity index (χ1n) is 10.5. The van der Waals surface area contributed by atoms with E-state index in [4.69, 9.17) is 0 Å². The fourth-order valence-electron chi connectivity index (χ4n) is 4.44. The van der Waals surface area contributed by atoms with Crippen LogP contribution in [-0.4, -0.2) is 56.7 Å². The third-order valence-electron chi connectivity index (χ3n) is 6.07. The molecular weight excluding hydrogens is 415 g/mol. The topological polar surface area (TPSA) is 66.3 Å². The molecule has 1 N–H and O–H groups in total. The molecule has 0 bridgehead atoms. The average Bonchev–Trinajstić information content (AvgIpc) is 3.44. The minimum absolute atomic E-state index is 0.0571. The van der Waals surface area contributed by atoms with Crippen molar-refractivity contribution in [1.29, 1.82) is 0 Å². The number of hydrogen-bond acceptors (Lipinski definition) is 6. The van der Waals surface area contributed by atoms with E-state index in [1.54, 1.807) is 23.5 Å². The lowest BCUT2D eigenvalue weighted by atomic mass is 10.1. The van der Waals surface area contributed by atoms with Crippen LogP contribution in [0.5, 0.6) is 0 Å². The highest BCUT2D eigenvalue weighted by atomic mass is 32.1. The number of nitrogens with one attached hydrogen (secondary N) is 1. The number of carbonyl (C=O) groups excluding carboxylic acids is 1. The number of fused-ring (bicyclic) bond motifs is 3. The van der Waals surface area contributed by atoms with E-state index in [1.165, 1.54) is 0 Å². The van der Waals surface area contributed by atoms with Gasteiger partial charge >= 0.3 is 0 Å². The fourth-order valence-corrected chi connectivity index (χ4v) is 5.08. The van der Waals surface area contributed by atoms with Crippen LogP contribution < -0.4 is 5.32 Å². The highest BCUT2D eigenvalue weighted by Gasteiger charge is 2.36. The molecule has 9 heteroatoms. The van der Waals surface area contributed by atoms with Crippen molar-refractivity contribution < 1.29 is 9.18 Å². The molecule has 0 unspecified atom stereocenters. The summed E-state index contributed by atoms with van der Waals surface area (Å²) in [6.45, 7) is 7.11. The molecule has 1 fully saturated rings. The molecule has 7 nitrogen and oxygen atoms in total. The van der Waals surface area contributed by atoms with E-state index < -0.39 is 0 Å². The number of hydrogen-bond donors (Lipinski definition) is 1. The van der Waals surface area contributed by atoms with E-state index in [0.717, 1.165) is 48.0 Å². The second kappa shape index (κ2) is 8.49. The number of carbonyl (C=O) groups is 1. The molecule has 1 atom stereocenters. The van der Waals surface area contributed by atoms with Gasteiger partial charge in [-0.05, 0) is 24.4 Å². The summed E-state index contributed by atoms with van der Waals surface area (Å²) >= 11 is 1.61. The van der Waals surface area contributed by atoms with Crippen LogP contribution in [-0.2, 0) is 19.6 Å². The molecular formula is C22H25FN6OS. The molecule has 0 saturated carbocycles. The predicted molar refractivity (Wildman–Crippen MR) is 116 cm³/mol. The standard InChI is InChI=1S/C22H25FN6OS/c1-15-4-5-18(23)16(11-15)13-27-6-7-28-8-9-29-20(19(28)14-27)25-26-21(29)22(30)24-12-17-3-2-10-31-17/h2-5,10-11,19H,6-9,12-14H2,1H3,(H,24,30)/t19-/m0/s1. The van der Waals surface area contributed by atoms with Gasteiger partial charge in [-0.2, -0.15) is 0 Å². The fraction of sp³-hybridized carbons (Fsp3) is 0.409. The van der Waals surface area contributed by atoms with Crippen molar-refractivity contribution in [3.8, 4) is 0 Å². The van der Waals surface area contributed by atoms with Crippen molar-refractivity contribution in [2.24, 2.45) is 0 Å². The largest absolute Gasteiger partial charge is 0.344 e. The lowest BCUT2D eigenvalue weighted by Crippen LogP contribution is -2.52. The Kier molecular flexibility index (Phi) is 5.56. The molecule has 0 spiro atoms. The van der Waals surface area contributed by atoms with Gasteiger partial charge in [0.2, 0.25) is 5.82 Å². The van der Waals surface area contributed by atoms with E-state index >= 15 is 0 Å². The molecule has 0 aliphatic carbocycles. The molecule has 2 aliphatic heterocycles. The Hall–Kier alpha value is -2.62. The van der Waals surface area contributed by atoms with Crippen molar-refractivity contribution in [1.82, 2.24) is 29.9 Å². The van der Waals surface area contributed by atoms with E-state index in [9.17, 15) is 9.18 Å². The van der Waals surface area contributed by atoms with E-state index in [2.05, 4.69) is 25.3 Å². The maximum atomic E-state index is 14.3. The van der Waals surface area contributed by atoms with Gasteiger partial charge in [-0.3, -0.25) is 14.6 Å². The van der Waals surface area contributed by atoms with Gasteiger partial charge in [0.05, 0.1) is 12.6 Å². The van der Waals surface area contributed by atoms with Gasteiger partial charge in [0.1, 0.15) is 5.82 Å². The van der Waals surface area contributed by atoms with Gasteiger partial charge in [0, 0.05) is 49.7 Å². The zero-order valence-corrected chi connectivity index (χ0v) is 18.2. The van der Waals surface area contributed by atoms with Crippen molar-refractivity contribution in [2.45, 2.75) is 32.6 Å². The zero-order valence-electron chi connectivity index (χ0n) is 17.4. The number of piperazine rings is 1. The summed E-state index contributed by atoms with van der Waals surface area (Å²) in [6, 6.07) is 9.28. The summed E-state index contributed by atoms with van der Waals surface area (Å²) in [5.74, 6) is 0.828. The zero-order chi connectivity index (χ0) is 21.4. The number of rotatable bonds is 5. The van der Waals surface area contributed by atoms with Crippen LogP contribution in [0.3, 0.4) is 0 Å². The summed E-state index contributed by atoms with van der Waals surface area (Å²) in [5.41, 5.74) is 1.78. The van der Waals surface area contributed by atoms with Crippen molar-refractivity contribution in [3.63, 3.8) is 0 Å². The van der Waals surface area contributed by atoms with Crippen LogP contribution >= 0.6 is 11.3 Å². The molecule has 1 amide bonds. The molecule has 0 radical (unpaired) electrons. The third-order valence-corrected chi connectivity index (χ3v) is 6.94. The molecule has 162 valence electrons. The van der Waals surface area contributed by atoms with E-state index in [-0.39, 0.29) is 17.8 Å². The maximum absolute atomic E-state index is 14.3. The van der Waals surface area contributed by atoms with E-state index in [0.29, 0.717) is 25.5 Å². The second-order valence-corrected chi connectivity index (χ2v) is 9.21. The van der Waals surface area contributed by atoms with Crippen molar-refractivity contribution in [3.05, 3.63) is 69.2 Å². The molecule has 1 aromatic carbocycles. The Bertz CT molecular complexity index is 1080. The van der Waals surface area contributed by atoms with Crippen LogP contribution in [0.25, 0.3) is 0 Å². The molecule has 2 aliphatic rings. The van der Waals surface area contributed by atoms with Gasteiger partial charge in [-0.15, -0.1) is 21.5 Å². The number of halogens is 1. The first-order valence-corrected chi connectivity index (χ1v) is 11.4. The first-order chi connectivity index (χ1) is 15.1. The number of aryl methyl sites for hydroxylation is 1. The van der Waals surface area contributed by atoms with Gasteiger partial charge < -0.3 is 9.88 Å². The molecule has 5 rings (SSSR count). The number of nitrogens with zero attached hydrogens (tertiary/aromatic N) is 5. The van der Waals surface area contributed by atoms with E-state index in [1.807, 2.05) is 35.1 Å². The molecule has 4 heterocycles. The Labute approximate surface area is 184 Å². The maximum Gasteiger partial charge on any atom is 0.289 e. The lowest BCUT2D eigenvalue weighted by molar-refractivity contribution is 0.0453. The van der Waals surface area contributed by atoms with Gasteiger partial charge in [-0.1, -0.05) is 23.8 Å². The highest BCUT2D eigenvalue weighted by molar-refractivity contribution is 7.09. The summed E-state index contributed by atoms with van der Waals surface area (Å²) < 4.78 is 16.2. The number of amides is 1. The smallest absolute Gasteiger partial charge is 0.289 e. The highest BCUT2D eigenvalue weighted by Crippen LogP contribution is 2.29. The SMILES string of the molecule is Cc1ccc(F)c(CN2CCN3CCn4c(C(=O)NCc5cccs5)nnc4[C@@H]3C2)c1. The Balaban J connectivity index is 1.30. The van der Waals surface area contributed by atoms with Gasteiger partial charge in [0.25, 0.3) is 5.91 Å². The van der Waals surface area contributed by atoms with Crippen LogP contribution in [0.4, 0.5) is 4.39 Å². The van der Waals surface area contributed by atoms with Crippen molar-refractivity contribution >= 4 is 17.2 Å². The second-order valence-electron chi connectivity index (χ2n) is 8.18. The normalized spacial score (nSPS) is 19.1. The van der Waals surface area contributed by atoms with Gasteiger partial charge in [0.15, 0.2) is 5.82 Å². The minimum Gasteiger partial charge on any atom is -0.344 e. The number of aromatic nitrogens is 3. The quantitative estimate of drug-likeness (QED) is 0.661. The summed E-state index contributed by atoms with van der Waals surface area (Å²) in [4.78, 5) is 18.5. The average molecular weight is 441 g/mol. The minimum atomic E-state index is -0.199. The number of benzene rings is 1. The van der Waals surface area contributed by atoms with Crippen LogP contribution in [0.2, 0.25) is 0 Å². The lowest BCUT2D eigenvalue weighted by Gasteiger charge is -2.43. The monoisotopic (exact) mass is 440 g/mol. The van der Waals surface area contributed by atoms with Gasteiger partial charge in [-0.25, -0.2) is 4.39 Å². The molecule has 1 saturated heterocycles. The van der Waals surface area contributed by atoms with Crippen molar-refractivity contribution in [2.75, 3.05) is 26.2 Å². The van der Waals surface area contributed by atoms with Crippen LogP contribution in [0, 0.1) is 12.7 Å². The molecule has 3 aromatic rings. The Morgan fingerprint density at radius 3 is 2.94 bits per heavy atom. The predicted octanol–water partition coefficient (Wildman–Crippen LogP) is 2.59.